The van der Waals surface area contributed by atoms with Gasteiger partial charge in [0.1, 0.15) is 17.1 Å². The fourth-order valence-corrected chi connectivity index (χ4v) is 5.63. The molecule has 156 valence electrons. The molecular formula is C18H18N6O4S2. The molecule has 2 aliphatic rings. The van der Waals surface area contributed by atoms with Crippen LogP contribution in [0.5, 0.6) is 0 Å². The lowest BCUT2D eigenvalue weighted by Crippen LogP contribution is -2.70. The number of hydrogen-bond acceptors (Lipinski definition) is 8. The standard InChI is InChI=1S/C18H18N6O4S2/c1-23-18(20-21-22-23)30-9-11-8-29-16-13(15(26)24(16)14(11)17(27)28)19-12(25)7-10-5-3-2-4-6-10/h2-6,13,16H,7-9H2,1H3,(H,19,25)(H,27,28)/t13-,16?/m1/s1. The first-order valence-electron chi connectivity index (χ1n) is 9.04. The van der Waals surface area contributed by atoms with Gasteiger partial charge in [-0.15, -0.1) is 16.9 Å². The minimum absolute atomic E-state index is 0.0139. The normalized spacial score (nSPS) is 20.6. The van der Waals surface area contributed by atoms with Crippen molar-refractivity contribution in [1.29, 1.82) is 0 Å². The number of nitrogens with zero attached hydrogens (tertiary/aromatic N) is 5. The Morgan fingerprint density at radius 2 is 2.10 bits per heavy atom. The zero-order valence-electron chi connectivity index (χ0n) is 15.9. The third-order valence-corrected chi connectivity index (χ3v) is 7.17. The topological polar surface area (TPSA) is 130 Å². The van der Waals surface area contributed by atoms with Crippen LogP contribution >= 0.6 is 23.5 Å². The number of carbonyl (C=O) groups excluding carboxylic acids is 2. The highest BCUT2D eigenvalue weighted by atomic mass is 32.2. The van der Waals surface area contributed by atoms with Gasteiger partial charge in [-0.1, -0.05) is 42.1 Å². The number of aliphatic carboxylic acids is 1. The minimum Gasteiger partial charge on any atom is -0.477 e. The number of nitrogens with one attached hydrogen (secondary N) is 1. The maximum atomic E-state index is 12.7. The molecule has 2 N–H and O–H groups in total. The van der Waals surface area contributed by atoms with Gasteiger partial charge in [-0.05, 0) is 21.6 Å². The molecule has 2 aromatic rings. The maximum Gasteiger partial charge on any atom is 0.352 e. The van der Waals surface area contributed by atoms with Crippen LogP contribution in [-0.2, 0) is 27.9 Å². The number of β-lactam (4-membered cyclic amide) rings is 1. The van der Waals surface area contributed by atoms with Crippen molar-refractivity contribution in [2.45, 2.75) is 23.0 Å². The Morgan fingerprint density at radius 1 is 1.33 bits per heavy atom. The summed E-state index contributed by atoms with van der Waals surface area (Å²) < 4.78 is 1.50. The molecule has 10 nitrogen and oxygen atoms in total. The second-order valence-corrected chi connectivity index (χ2v) is 8.80. The lowest BCUT2D eigenvalue weighted by molar-refractivity contribution is -0.150. The van der Waals surface area contributed by atoms with Gasteiger partial charge in [0.2, 0.25) is 11.1 Å². The molecule has 12 heteroatoms. The van der Waals surface area contributed by atoms with E-state index in [0.29, 0.717) is 22.2 Å². The smallest absolute Gasteiger partial charge is 0.352 e. The van der Waals surface area contributed by atoms with Crippen molar-refractivity contribution >= 4 is 41.3 Å². The zero-order valence-corrected chi connectivity index (χ0v) is 17.5. The number of thioether (sulfide) groups is 2. The van der Waals surface area contributed by atoms with Gasteiger partial charge in [0.15, 0.2) is 0 Å². The Kier molecular flexibility index (Phi) is 5.77. The third kappa shape index (κ3) is 3.92. The van der Waals surface area contributed by atoms with Crippen molar-refractivity contribution in [1.82, 2.24) is 30.4 Å². The lowest BCUT2D eigenvalue weighted by atomic mass is 10.0. The van der Waals surface area contributed by atoms with E-state index < -0.39 is 23.3 Å². The summed E-state index contributed by atoms with van der Waals surface area (Å²) in [5.74, 6) is -1.04. The molecule has 1 saturated heterocycles. The molecule has 0 bridgehead atoms. The molecule has 2 aliphatic heterocycles. The number of carboxylic acids is 1. The molecule has 0 radical (unpaired) electrons. The number of hydrogen-bond donors (Lipinski definition) is 2. The highest BCUT2D eigenvalue weighted by molar-refractivity contribution is 8.01. The van der Waals surface area contributed by atoms with Gasteiger partial charge in [0.05, 0.1) is 6.42 Å². The number of tetrazole rings is 1. The highest BCUT2D eigenvalue weighted by Gasteiger charge is 2.54. The van der Waals surface area contributed by atoms with Gasteiger partial charge in [0.25, 0.3) is 5.91 Å². The van der Waals surface area contributed by atoms with Crippen molar-refractivity contribution in [3.05, 3.63) is 47.2 Å². The van der Waals surface area contributed by atoms with E-state index in [2.05, 4.69) is 20.8 Å². The average molecular weight is 447 g/mol. The van der Waals surface area contributed by atoms with Crippen molar-refractivity contribution in [2.75, 3.05) is 11.5 Å². The number of fused-ring (bicyclic) bond motifs is 1. The minimum atomic E-state index is -1.16. The summed E-state index contributed by atoms with van der Waals surface area (Å²) in [5.41, 5.74) is 1.46. The summed E-state index contributed by atoms with van der Waals surface area (Å²) >= 11 is 2.75. The Balaban J connectivity index is 1.44. The number of rotatable bonds is 7. The predicted molar refractivity (Wildman–Crippen MR) is 109 cm³/mol. The molecule has 30 heavy (non-hydrogen) atoms. The Bertz CT molecular complexity index is 1020. The Hall–Kier alpha value is -2.86. The number of aryl methyl sites for hydroxylation is 1. The van der Waals surface area contributed by atoms with E-state index >= 15 is 0 Å². The van der Waals surface area contributed by atoms with Crippen LogP contribution in [-0.4, -0.2) is 70.9 Å². The lowest BCUT2D eigenvalue weighted by Gasteiger charge is -2.49. The number of carbonyl (C=O) groups is 3. The summed E-state index contributed by atoms with van der Waals surface area (Å²) in [7, 11) is 1.70. The van der Waals surface area contributed by atoms with E-state index in [4.69, 9.17) is 0 Å². The van der Waals surface area contributed by atoms with Crippen LogP contribution in [0.4, 0.5) is 0 Å². The van der Waals surface area contributed by atoms with Crippen molar-refractivity contribution in [2.24, 2.45) is 7.05 Å². The number of aromatic nitrogens is 4. The molecule has 1 aromatic heterocycles. The quantitative estimate of drug-likeness (QED) is 0.455. The summed E-state index contributed by atoms with van der Waals surface area (Å²) in [6, 6.07) is 8.51. The van der Waals surface area contributed by atoms with E-state index in [1.165, 1.54) is 33.1 Å². The van der Waals surface area contributed by atoms with E-state index in [9.17, 15) is 19.5 Å². The number of amides is 2. The van der Waals surface area contributed by atoms with Crippen molar-refractivity contribution in [3.63, 3.8) is 0 Å². The third-order valence-electron chi connectivity index (χ3n) is 4.73. The number of benzene rings is 1. The Labute approximate surface area is 180 Å². The first-order chi connectivity index (χ1) is 14.5. The Morgan fingerprint density at radius 3 is 2.77 bits per heavy atom. The number of carboxylic acid groups (broad SMARTS) is 1. The SMILES string of the molecule is Cn1nnnc1SCC1=C(C(=O)O)N2C(=O)[C@@H](NC(=O)Cc3ccccc3)C2SC1. The van der Waals surface area contributed by atoms with E-state index in [1.54, 1.807) is 7.05 Å². The van der Waals surface area contributed by atoms with Crippen LogP contribution < -0.4 is 5.32 Å². The monoisotopic (exact) mass is 446 g/mol. The molecular weight excluding hydrogens is 428 g/mol. The van der Waals surface area contributed by atoms with Gasteiger partial charge in [-0.3, -0.25) is 14.5 Å². The van der Waals surface area contributed by atoms with Crippen LogP contribution in [0.15, 0.2) is 46.8 Å². The molecule has 3 heterocycles. The molecule has 1 fully saturated rings. The second-order valence-electron chi connectivity index (χ2n) is 6.75. The molecule has 1 aromatic carbocycles. The molecule has 0 aliphatic carbocycles. The predicted octanol–water partition coefficient (Wildman–Crippen LogP) is 0.284. The molecule has 0 spiro atoms. The molecule has 1 unspecified atom stereocenters. The highest BCUT2D eigenvalue weighted by Crippen LogP contribution is 2.41. The fraction of sp³-hybridized carbons (Fsp3) is 0.333. The fourth-order valence-electron chi connectivity index (χ4n) is 3.30. The summed E-state index contributed by atoms with van der Waals surface area (Å²) in [6.45, 7) is 0. The summed E-state index contributed by atoms with van der Waals surface area (Å²) in [4.78, 5) is 38.2. The van der Waals surface area contributed by atoms with Crippen molar-refractivity contribution < 1.29 is 19.5 Å². The van der Waals surface area contributed by atoms with Gasteiger partial charge < -0.3 is 10.4 Å². The summed E-state index contributed by atoms with van der Waals surface area (Å²) in [5, 5.41) is 23.8. The van der Waals surface area contributed by atoms with Crippen LogP contribution in [0.3, 0.4) is 0 Å². The van der Waals surface area contributed by atoms with Gasteiger partial charge in [-0.2, -0.15) is 0 Å². The van der Waals surface area contributed by atoms with E-state index in [-0.39, 0.29) is 18.0 Å². The zero-order chi connectivity index (χ0) is 21.3. The van der Waals surface area contributed by atoms with Crippen LogP contribution in [0, 0.1) is 0 Å². The first-order valence-corrected chi connectivity index (χ1v) is 11.1. The largest absolute Gasteiger partial charge is 0.477 e. The van der Waals surface area contributed by atoms with E-state index in [1.807, 2.05) is 30.3 Å². The van der Waals surface area contributed by atoms with Crippen LogP contribution in [0.2, 0.25) is 0 Å². The molecule has 0 saturated carbocycles. The van der Waals surface area contributed by atoms with Gasteiger partial charge in [0, 0.05) is 18.6 Å². The first kappa shape index (κ1) is 20.4. The van der Waals surface area contributed by atoms with Gasteiger partial charge in [-0.25, -0.2) is 9.48 Å². The maximum absolute atomic E-state index is 12.7. The molecule has 2 atom stereocenters. The average Bonchev–Trinajstić information content (AvgIpc) is 3.15. The molecule has 4 rings (SSSR count). The van der Waals surface area contributed by atoms with Crippen molar-refractivity contribution in [3.8, 4) is 0 Å². The van der Waals surface area contributed by atoms with Crippen LogP contribution in [0.25, 0.3) is 0 Å². The summed E-state index contributed by atoms with van der Waals surface area (Å²) in [6.07, 6.45) is 0.164. The molecule has 2 amide bonds. The van der Waals surface area contributed by atoms with Crippen LogP contribution in [0.1, 0.15) is 5.56 Å². The second kappa shape index (κ2) is 8.48. The van der Waals surface area contributed by atoms with E-state index in [0.717, 1.165) is 5.56 Å². The van der Waals surface area contributed by atoms with Gasteiger partial charge >= 0.3 is 5.97 Å².